The van der Waals surface area contributed by atoms with Crippen LogP contribution in [0.25, 0.3) is 0 Å². The van der Waals surface area contributed by atoms with Crippen molar-refractivity contribution >= 4 is 35.6 Å². The van der Waals surface area contributed by atoms with Crippen molar-refractivity contribution in [1.82, 2.24) is 0 Å². The molecular weight excluding hydrogens is 600 g/mol. The molecule has 0 aromatic heterocycles. The third-order valence-corrected chi connectivity index (χ3v) is 8.54. The van der Waals surface area contributed by atoms with Crippen LogP contribution in [0.1, 0.15) is 125 Å². The van der Waals surface area contributed by atoms with Gasteiger partial charge in [-0.15, -0.1) is 0 Å². The molecule has 0 radical (unpaired) electrons. The average molecular weight is 659 g/mol. The Balaban J connectivity index is 2.46. The van der Waals surface area contributed by atoms with Gasteiger partial charge in [-0.25, -0.2) is 0 Å². The molecule has 0 aromatic carbocycles. The van der Waals surface area contributed by atoms with Gasteiger partial charge in [0.2, 0.25) is 0 Å². The molecule has 1 heterocycles. The maximum atomic E-state index is 12.0. The summed E-state index contributed by atoms with van der Waals surface area (Å²) in [7, 11) is 0. The van der Waals surface area contributed by atoms with Crippen LogP contribution in [0, 0.1) is 0 Å². The molecule has 1 saturated heterocycles. The Hall–Kier alpha value is -2.11. The first-order valence-corrected chi connectivity index (χ1v) is 17.9. The van der Waals surface area contributed by atoms with Gasteiger partial charge >= 0.3 is 23.9 Å². The van der Waals surface area contributed by atoms with Crippen LogP contribution >= 0.6 is 11.8 Å². The van der Waals surface area contributed by atoms with E-state index in [4.69, 9.17) is 28.4 Å². The lowest BCUT2D eigenvalue weighted by Crippen LogP contribution is -2.63. The van der Waals surface area contributed by atoms with E-state index in [1.807, 2.05) is 0 Å². The van der Waals surface area contributed by atoms with E-state index in [1.165, 1.54) is 111 Å². The van der Waals surface area contributed by atoms with Gasteiger partial charge < -0.3 is 28.4 Å². The fourth-order valence-corrected chi connectivity index (χ4v) is 6.10. The van der Waals surface area contributed by atoms with E-state index < -0.39 is 54.6 Å². The molecule has 0 bridgehead atoms. The van der Waals surface area contributed by atoms with Crippen molar-refractivity contribution in [3.63, 3.8) is 0 Å². The Morgan fingerprint density at radius 3 is 1.60 bits per heavy atom. The van der Waals surface area contributed by atoms with Crippen LogP contribution < -0.4 is 0 Å². The van der Waals surface area contributed by atoms with Crippen molar-refractivity contribution in [3.05, 3.63) is 12.2 Å². The number of carbonyl (C=O) groups excluding carboxylic acids is 4. The molecule has 45 heavy (non-hydrogen) atoms. The molecule has 1 fully saturated rings. The third-order valence-electron chi connectivity index (χ3n) is 7.35. The molecule has 260 valence electrons. The van der Waals surface area contributed by atoms with E-state index in [2.05, 4.69) is 13.5 Å². The van der Waals surface area contributed by atoms with E-state index in [9.17, 15) is 19.2 Å². The molecule has 1 rings (SSSR count). The number of unbranched alkanes of at least 4 members (excludes halogenated alkanes) is 13. The Bertz CT molecular complexity index is 879. The number of hydrogen-bond donors (Lipinski definition) is 0. The lowest BCUT2D eigenvalue weighted by Gasteiger charge is -2.44. The normalized spacial score (nSPS) is 21.1. The van der Waals surface area contributed by atoms with Crippen molar-refractivity contribution in [2.45, 2.75) is 155 Å². The predicted octanol–water partition coefficient (Wildman–Crippen LogP) is 6.86. The van der Waals surface area contributed by atoms with E-state index in [0.717, 1.165) is 17.7 Å². The highest BCUT2D eigenvalue weighted by Gasteiger charge is 2.52. The maximum Gasteiger partial charge on any atom is 0.303 e. The summed E-state index contributed by atoms with van der Waals surface area (Å²) in [5.41, 5.74) is 0.804. The van der Waals surface area contributed by atoms with Crippen LogP contribution in [0.5, 0.6) is 0 Å². The number of thioether (sulfide) groups is 1. The lowest BCUT2D eigenvalue weighted by atomic mass is 9.98. The van der Waals surface area contributed by atoms with Crippen molar-refractivity contribution in [1.29, 1.82) is 0 Å². The quantitative estimate of drug-likeness (QED) is 0.0442. The van der Waals surface area contributed by atoms with Gasteiger partial charge in [-0.05, 0) is 17.7 Å². The van der Waals surface area contributed by atoms with Crippen LogP contribution in [-0.2, 0) is 47.6 Å². The van der Waals surface area contributed by atoms with Gasteiger partial charge in [0.15, 0.2) is 24.6 Å². The molecule has 0 aliphatic carbocycles. The van der Waals surface area contributed by atoms with Crippen LogP contribution in [0.15, 0.2) is 12.2 Å². The Labute approximate surface area is 275 Å². The van der Waals surface area contributed by atoms with Crippen LogP contribution in [0.3, 0.4) is 0 Å². The molecule has 0 saturated carbocycles. The standard InChI is InChI=1S/C34H58O10S/c1-7-8-9-10-11-12-13-14-15-16-17-18-19-20-21-45-24-25(2)22-40-34-33(43-29(6)38)32(42-28(5)37)31(41-27(4)36)30(44-34)23-39-26(3)35/h30-34H,2,7-24H2,1,3-6H3/t30-,31-,32+,33-,34-/m1/s1. The van der Waals surface area contributed by atoms with Gasteiger partial charge in [0.05, 0.1) is 6.61 Å². The molecule has 1 aliphatic rings. The molecule has 1 aliphatic heterocycles. The van der Waals surface area contributed by atoms with Crippen molar-refractivity contribution in [2.24, 2.45) is 0 Å². The summed E-state index contributed by atoms with van der Waals surface area (Å²) < 4.78 is 33.3. The lowest BCUT2D eigenvalue weighted by molar-refractivity contribution is -0.306. The zero-order valence-corrected chi connectivity index (χ0v) is 29.1. The molecule has 5 atom stereocenters. The summed E-state index contributed by atoms with van der Waals surface area (Å²) in [5, 5.41) is 0. The second-order valence-corrected chi connectivity index (χ2v) is 12.9. The van der Waals surface area contributed by atoms with Crippen molar-refractivity contribution < 1.29 is 47.6 Å². The summed E-state index contributed by atoms with van der Waals surface area (Å²) >= 11 is 1.78. The molecule has 10 nitrogen and oxygen atoms in total. The Morgan fingerprint density at radius 1 is 0.644 bits per heavy atom. The highest BCUT2D eigenvalue weighted by Crippen LogP contribution is 2.30. The third kappa shape index (κ3) is 19.9. The van der Waals surface area contributed by atoms with E-state index in [1.54, 1.807) is 11.8 Å². The highest BCUT2D eigenvalue weighted by atomic mass is 32.2. The molecular formula is C34H58O10S. The van der Waals surface area contributed by atoms with Crippen molar-refractivity contribution in [2.75, 3.05) is 24.7 Å². The minimum atomic E-state index is -1.25. The number of esters is 4. The molecule has 0 N–H and O–H groups in total. The van der Waals surface area contributed by atoms with Gasteiger partial charge in [-0.1, -0.05) is 97.0 Å². The first-order valence-electron chi connectivity index (χ1n) is 16.7. The van der Waals surface area contributed by atoms with E-state index in [0.29, 0.717) is 5.75 Å². The van der Waals surface area contributed by atoms with E-state index >= 15 is 0 Å². The largest absolute Gasteiger partial charge is 0.463 e. The summed E-state index contributed by atoms with van der Waals surface area (Å²) in [6.45, 7) is 10.9. The summed E-state index contributed by atoms with van der Waals surface area (Å²) in [5.74, 6) is -0.908. The zero-order chi connectivity index (χ0) is 33.5. The van der Waals surface area contributed by atoms with Gasteiger partial charge in [0.1, 0.15) is 12.7 Å². The fraction of sp³-hybridized carbons (Fsp3) is 0.824. The summed E-state index contributed by atoms with van der Waals surface area (Å²) in [6.07, 6.45) is 12.7. The van der Waals surface area contributed by atoms with Crippen LogP contribution in [0.4, 0.5) is 0 Å². The second kappa shape index (κ2) is 25.0. The fourth-order valence-electron chi connectivity index (χ4n) is 5.18. The number of rotatable bonds is 25. The Morgan fingerprint density at radius 2 is 1.11 bits per heavy atom. The second-order valence-electron chi connectivity index (χ2n) is 11.8. The van der Waals surface area contributed by atoms with Gasteiger partial charge in [-0.2, -0.15) is 11.8 Å². The average Bonchev–Trinajstić information content (AvgIpc) is 2.96. The molecule has 0 aromatic rings. The van der Waals surface area contributed by atoms with Gasteiger partial charge in [0, 0.05) is 33.4 Å². The summed E-state index contributed by atoms with van der Waals surface area (Å²) in [4.78, 5) is 47.3. The number of hydrogen-bond acceptors (Lipinski definition) is 11. The monoisotopic (exact) mass is 658 g/mol. The van der Waals surface area contributed by atoms with Crippen molar-refractivity contribution in [3.8, 4) is 0 Å². The molecule has 11 heteroatoms. The SMILES string of the molecule is C=C(CO[C@@H]1O[C@H](COC(C)=O)[C@@H](OC(C)=O)[C@H](OC(C)=O)[C@H]1OC(C)=O)CSCCCCCCCCCCCCCCCC. The maximum absolute atomic E-state index is 12.0. The van der Waals surface area contributed by atoms with Gasteiger partial charge in [-0.3, -0.25) is 19.2 Å². The van der Waals surface area contributed by atoms with E-state index in [-0.39, 0.29) is 13.2 Å². The van der Waals surface area contributed by atoms with Crippen LogP contribution in [-0.4, -0.2) is 79.3 Å². The molecule has 0 unspecified atom stereocenters. The zero-order valence-electron chi connectivity index (χ0n) is 28.3. The Kier molecular flexibility index (Phi) is 22.8. The van der Waals surface area contributed by atoms with Crippen LogP contribution in [0.2, 0.25) is 0 Å². The first kappa shape index (κ1) is 40.9. The summed E-state index contributed by atoms with van der Waals surface area (Å²) in [6, 6.07) is 0. The topological polar surface area (TPSA) is 124 Å². The molecule has 0 spiro atoms. The smallest absolute Gasteiger partial charge is 0.303 e. The minimum absolute atomic E-state index is 0.0967. The minimum Gasteiger partial charge on any atom is -0.463 e. The number of ether oxygens (including phenoxy) is 6. The highest BCUT2D eigenvalue weighted by molar-refractivity contribution is 7.99. The predicted molar refractivity (Wildman–Crippen MR) is 175 cm³/mol. The van der Waals surface area contributed by atoms with Gasteiger partial charge in [0.25, 0.3) is 0 Å². The molecule has 0 amide bonds. The number of carbonyl (C=O) groups is 4. The first-order chi connectivity index (χ1) is 21.5.